The largest absolute Gasteiger partial charge is 0.395 e. The zero-order valence-corrected chi connectivity index (χ0v) is 11.5. The van der Waals surface area contributed by atoms with Gasteiger partial charge in [-0.2, -0.15) is 10.2 Å². The monoisotopic (exact) mass is 262 g/mol. The number of hydrogen-bond acceptors (Lipinski definition) is 4. The standard InChI is InChI=1S/C12H18N6O/c1-7(2)18-6-9(5-14-18)15-12(19)11-10(13)8(3)16-17(11)4/h5-7H,13H2,1-4H3,(H,15,19). The number of aromatic nitrogens is 4. The van der Waals surface area contributed by atoms with Crippen molar-refractivity contribution in [3.63, 3.8) is 0 Å². The van der Waals surface area contributed by atoms with Gasteiger partial charge >= 0.3 is 0 Å². The van der Waals surface area contributed by atoms with E-state index in [9.17, 15) is 4.79 Å². The first kappa shape index (κ1) is 13.1. The van der Waals surface area contributed by atoms with Gasteiger partial charge in [0.05, 0.1) is 23.3 Å². The predicted molar refractivity (Wildman–Crippen MR) is 72.9 cm³/mol. The van der Waals surface area contributed by atoms with Gasteiger partial charge in [0.2, 0.25) is 0 Å². The van der Waals surface area contributed by atoms with Crippen molar-refractivity contribution in [3.8, 4) is 0 Å². The van der Waals surface area contributed by atoms with Crippen molar-refractivity contribution < 1.29 is 4.79 Å². The predicted octanol–water partition coefficient (Wildman–Crippen LogP) is 1.34. The molecule has 7 nitrogen and oxygen atoms in total. The molecule has 0 aliphatic rings. The second-order valence-corrected chi connectivity index (χ2v) is 4.73. The number of hydrogen-bond donors (Lipinski definition) is 2. The molecule has 0 aliphatic heterocycles. The molecule has 2 aromatic rings. The average molecular weight is 262 g/mol. The van der Waals surface area contributed by atoms with Crippen LogP contribution in [0.15, 0.2) is 12.4 Å². The highest BCUT2D eigenvalue weighted by atomic mass is 16.2. The lowest BCUT2D eigenvalue weighted by Gasteiger charge is -2.05. The molecule has 2 aromatic heterocycles. The first-order chi connectivity index (χ1) is 8.90. The highest BCUT2D eigenvalue weighted by molar-refractivity contribution is 6.06. The lowest BCUT2D eigenvalue weighted by molar-refractivity contribution is 0.101. The summed E-state index contributed by atoms with van der Waals surface area (Å²) in [5.74, 6) is -0.288. The van der Waals surface area contributed by atoms with Crippen LogP contribution in [-0.2, 0) is 7.05 Å². The molecule has 0 saturated heterocycles. The lowest BCUT2D eigenvalue weighted by Crippen LogP contribution is -2.17. The summed E-state index contributed by atoms with van der Waals surface area (Å²) in [6, 6.07) is 0.245. The summed E-state index contributed by atoms with van der Waals surface area (Å²) in [7, 11) is 1.69. The topological polar surface area (TPSA) is 90.8 Å². The Morgan fingerprint density at radius 3 is 2.63 bits per heavy atom. The number of nitrogens with one attached hydrogen (secondary N) is 1. The molecule has 19 heavy (non-hydrogen) atoms. The van der Waals surface area contributed by atoms with Crippen molar-refractivity contribution in [1.29, 1.82) is 0 Å². The molecule has 0 radical (unpaired) electrons. The summed E-state index contributed by atoms with van der Waals surface area (Å²) in [6.45, 7) is 5.80. The summed E-state index contributed by atoms with van der Waals surface area (Å²) in [5.41, 5.74) is 7.88. The van der Waals surface area contributed by atoms with Gasteiger partial charge in [-0.05, 0) is 20.8 Å². The van der Waals surface area contributed by atoms with E-state index in [0.717, 1.165) is 0 Å². The van der Waals surface area contributed by atoms with Crippen LogP contribution in [0.5, 0.6) is 0 Å². The van der Waals surface area contributed by atoms with E-state index in [4.69, 9.17) is 5.73 Å². The minimum Gasteiger partial charge on any atom is -0.395 e. The Bertz CT molecular complexity index is 610. The van der Waals surface area contributed by atoms with Crippen molar-refractivity contribution in [2.75, 3.05) is 11.1 Å². The average Bonchev–Trinajstić information content (AvgIpc) is 2.85. The molecular formula is C12H18N6O. The zero-order chi connectivity index (χ0) is 14.2. The third kappa shape index (κ3) is 2.44. The highest BCUT2D eigenvalue weighted by Crippen LogP contribution is 2.17. The van der Waals surface area contributed by atoms with Gasteiger partial charge in [-0.3, -0.25) is 14.2 Å². The van der Waals surface area contributed by atoms with Crippen molar-refractivity contribution in [3.05, 3.63) is 23.8 Å². The molecule has 0 atom stereocenters. The van der Waals surface area contributed by atoms with E-state index < -0.39 is 0 Å². The number of amides is 1. The maximum Gasteiger partial charge on any atom is 0.276 e. The van der Waals surface area contributed by atoms with Crippen molar-refractivity contribution in [2.24, 2.45) is 7.05 Å². The first-order valence-electron chi connectivity index (χ1n) is 6.04. The van der Waals surface area contributed by atoms with Crippen LogP contribution in [0.2, 0.25) is 0 Å². The Labute approximate surface area is 111 Å². The van der Waals surface area contributed by atoms with Crippen LogP contribution in [0.3, 0.4) is 0 Å². The minimum absolute atomic E-state index is 0.245. The Morgan fingerprint density at radius 2 is 2.16 bits per heavy atom. The molecule has 0 saturated carbocycles. The van der Waals surface area contributed by atoms with Gasteiger partial charge in [-0.25, -0.2) is 0 Å². The lowest BCUT2D eigenvalue weighted by atomic mass is 10.3. The van der Waals surface area contributed by atoms with Crippen LogP contribution in [0.1, 0.15) is 36.1 Å². The fourth-order valence-corrected chi connectivity index (χ4v) is 1.82. The van der Waals surface area contributed by atoms with Crippen LogP contribution in [-0.4, -0.2) is 25.5 Å². The van der Waals surface area contributed by atoms with Crippen LogP contribution in [0, 0.1) is 6.92 Å². The van der Waals surface area contributed by atoms with E-state index >= 15 is 0 Å². The van der Waals surface area contributed by atoms with E-state index in [-0.39, 0.29) is 11.9 Å². The third-order valence-corrected chi connectivity index (χ3v) is 2.87. The third-order valence-electron chi connectivity index (χ3n) is 2.87. The Hall–Kier alpha value is -2.31. The van der Waals surface area contributed by atoms with Gasteiger partial charge in [0.15, 0.2) is 0 Å². The summed E-state index contributed by atoms with van der Waals surface area (Å²) in [4.78, 5) is 12.2. The molecule has 1 amide bonds. The van der Waals surface area contributed by atoms with Gasteiger partial charge in [0, 0.05) is 19.3 Å². The molecule has 3 N–H and O–H groups in total. The van der Waals surface area contributed by atoms with Crippen LogP contribution < -0.4 is 11.1 Å². The fourth-order valence-electron chi connectivity index (χ4n) is 1.82. The van der Waals surface area contributed by atoms with Crippen molar-refractivity contribution >= 4 is 17.3 Å². The molecule has 0 aliphatic carbocycles. The van der Waals surface area contributed by atoms with E-state index in [1.165, 1.54) is 4.68 Å². The number of nitrogen functional groups attached to an aromatic ring is 1. The molecule has 2 rings (SSSR count). The number of rotatable bonds is 3. The molecule has 2 heterocycles. The van der Waals surface area contributed by atoms with Crippen LogP contribution in [0.25, 0.3) is 0 Å². The maximum absolute atomic E-state index is 12.2. The maximum atomic E-state index is 12.2. The molecule has 0 unspecified atom stereocenters. The Balaban J connectivity index is 2.21. The van der Waals surface area contributed by atoms with Crippen molar-refractivity contribution in [2.45, 2.75) is 26.8 Å². The molecule has 102 valence electrons. The van der Waals surface area contributed by atoms with E-state index in [1.807, 2.05) is 13.8 Å². The molecule has 0 aromatic carbocycles. The van der Waals surface area contributed by atoms with E-state index in [2.05, 4.69) is 15.5 Å². The molecule has 7 heteroatoms. The second kappa shape index (κ2) is 4.75. The summed E-state index contributed by atoms with van der Waals surface area (Å²) < 4.78 is 3.25. The summed E-state index contributed by atoms with van der Waals surface area (Å²) in [5, 5.41) is 11.0. The minimum atomic E-state index is -0.288. The van der Waals surface area contributed by atoms with Gasteiger partial charge in [-0.1, -0.05) is 0 Å². The first-order valence-corrected chi connectivity index (χ1v) is 6.04. The highest BCUT2D eigenvalue weighted by Gasteiger charge is 2.18. The van der Waals surface area contributed by atoms with Gasteiger partial charge in [-0.15, -0.1) is 0 Å². The molecular weight excluding hydrogens is 244 g/mol. The Kier molecular flexibility index (Phi) is 3.28. The number of nitrogens with zero attached hydrogens (tertiary/aromatic N) is 4. The van der Waals surface area contributed by atoms with Crippen LogP contribution >= 0.6 is 0 Å². The molecule has 0 spiro atoms. The number of carbonyl (C=O) groups is 1. The molecule has 0 fully saturated rings. The fraction of sp³-hybridized carbons (Fsp3) is 0.417. The molecule has 0 bridgehead atoms. The number of anilines is 2. The smallest absolute Gasteiger partial charge is 0.276 e. The zero-order valence-electron chi connectivity index (χ0n) is 11.5. The van der Waals surface area contributed by atoms with Gasteiger partial charge in [0.1, 0.15) is 5.69 Å². The van der Waals surface area contributed by atoms with Crippen molar-refractivity contribution in [1.82, 2.24) is 19.6 Å². The summed E-state index contributed by atoms with van der Waals surface area (Å²) >= 11 is 0. The van der Waals surface area contributed by atoms with E-state index in [1.54, 1.807) is 31.0 Å². The number of aryl methyl sites for hydroxylation is 2. The normalized spacial score (nSPS) is 11.0. The summed E-state index contributed by atoms with van der Waals surface area (Å²) in [6.07, 6.45) is 3.39. The SMILES string of the molecule is Cc1nn(C)c(C(=O)Nc2cnn(C(C)C)c2)c1N. The second-order valence-electron chi connectivity index (χ2n) is 4.73. The van der Waals surface area contributed by atoms with Gasteiger partial charge < -0.3 is 11.1 Å². The quantitative estimate of drug-likeness (QED) is 0.873. The van der Waals surface area contributed by atoms with Gasteiger partial charge in [0.25, 0.3) is 5.91 Å². The number of nitrogens with two attached hydrogens (primary N) is 1. The van der Waals surface area contributed by atoms with E-state index in [0.29, 0.717) is 22.8 Å². The number of carbonyl (C=O) groups excluding carboxylic acids is 1. The Morgan fingerprint density at radius 1 is 1.47 bits per heavy atom. The van der Waals surface area contributed by atoms with Crippen LogP contribution in [0.4, 0.5) is 11.4 Å².